The summed E-state index contributed by atoms with van der Waals surface area (Å²) >= 11 is 6.86. The van der Waals surface area contributed by atoms with Crippen molar-refractivity contribution in [3.8, 4) is 0 Å². The number of nitrogens with one attached hydrogen (secondary N) is 1. The van der Waals surface area contributed by atoms with Crippen molar-refractivity contribution in [2.45, 2.75) is 30.2 Å². The zero-order chi connectivity index (χ0) is 19.7. The highest BCUT2D eigenvalue weighted by atomic mass is 35.5. The van der Waals surface area contributed by atoms with E-state index in [9.17, 15) is 26.4 Å². The maximum atomic E-state index is 12.5. The van der Waals surface area contributed by atoms with Crippen LogP contribution in [-0.2, 0) is 16.0 Å². The highest BCUT2D eigenvalue weighted by molar-refractivity contribution is 7.92. The smallest absolute Gasteiger partial charge is 0.306 e. The molecule has 0 saturated heterocycles. The summed E-state index contributed by atoms with van der Waals surface area (Å²) in [6.45, 7) is 3.06. The average Bonchev–Trinajstić information content (AvgIpc) is 3.04. The summed E-state index contributed by atoms with van der Waals surface area (Å²) in [6, 6.07) is 4.27. The van der Waals surface area contributed by atoms with Crippen molar-refractivity contribution in [3.63, 3.8) is 0 Å². The fraction of sp³-hybridized carbons (Fsp3) is 0.267. The summed E-state index contributed by atoms with van der Waals surface area (Å²) < 4.78 is 62.4. The molecule has 5 nitrogen and oxygen atoms in total. The number of benzene rings is 1. The molecule has 0 radical (unpaired) electrons. The Hall–Kier alpha value is -1.78. The van der Waals surface area contributed by atoms with Crippen LogP contribution in [0, 0.1) is 0 Å². The normalized spacial score (nSPS) is 12.3. The first-order valence-electron chi connectivity index (χ1n) is 7.19. The largest absolute Gasteiger partial charge is 0.416 e. The topological polar surface area (TPSA) is 66.5 Å². The Morgan fingerprint density at radius 1 is 1.23 bits per heavy atom. The lowest BCUT2D eigenvalue weighted by atomic mass is 10.2. The van der Waals surface area contributed by atoms with Crippen molar-refractivity contribution >= 4 is 49.7 Å². The Bertz CT molecular complexity index is 894. The van der Waals surface area contributed by atoms with Crippen LogP contribution >= 0.6 is 23.1 Å². The van der Waals surface area contributed by atoms with Crippen LogP contribution in [-0.4, -0.2) is 19.7 Å². The average molecular weight is 427 g/mol. The lowest BCUT2D eigenvalue weighted by Crippen LogP contribution is -2.26. The van der Waals surface area contributed by atoms with Crippen LogP contribution in [0.4, 0.5) is 28.7 Å². The van der Waals surface area contributed by atoms with Gasteiger partial charge in [-0.15, -0.1) is 11.3 Å². The van der Waals surface area contributed by atoms with Gasteiger partial charge in [0.25, 0.3) is 0 Å². The Labute approximate surface area is 157 Å². The molecule has 0 aliphatic carbocycles. The molecule has 1 N–H and O–H groups in total. The van der Waals surface area contributed by atoms with E-state index < -0.39 is 32.9 Å². The molecule has 0 aliphatic heterocycles. The zero-order valence-electron chi connectivity index (χ0n) is 13.5. The number of urea groups is 1. The highest BCUT2D eigenvalue weighted by Gasteiger charge is 2.30. The van der Waals surface area contributed by atoms with Crippen molar-refractivity contribution in [2.24, 2.45) is 0 Å². The monoisotopic (exact) mass is 426 g/mol. The number of anilines is 2. The number of hydrogen-bond donors (Lipinski definition) is 1. The molecule has 2 rings (SSSR count). The second-order valence-electron chi connectivity index (χ2n) is 5.50. The summed E-state index contributed by atoms with van der Waals surface area (Å²) in [5.74, 6) is 0. The van der Waals surface area contributed by atoms with Crippen molar-refractivity contribution in [1.82, 2.24) is 0 Å². The van der Waals surface area contributed by atoms with Gasteiger partial charge >= 0.3 is 12.2 Å². The number of alkyl halides is 3. The first-order valence-corrected chi connectivity index (χ1v) is 9.96. The highest BCUT2D eigenvalue weighted by Crippen LogP contribution is 2.32. The van der Waals surface area contributed by atoms with Gasteiger partial charge < -0.3 is 5.32 Å². The molecular weight excluding hydrogens is 413 g/mol. The van der Waals surface area contributed by atoms with E-state index in [-0.39, 0.29) is 15.6 Å². The predicted octanol–water partition coefficient (Wildman–Crippen LogP) is 5.14. The Morgan fingerprint density at radius 3 is 2.31 bits per heavy atom. The first kappa shape index (κ1) is 20.5. The van der Waals surface area contributed by atoms with Gasteiger partial charge in [0.05, 0.1) is 15.7 Å². The number of nitrogens with zero attached hydrogens (tertiary/aromatic N) is 1. The summed E-state index contributed by atoms with van der Waals surface area (Å²) in [4.78, 5) is 12.1. The third kappa shape index (κ3) is 4.49. The van der Waals surface area contributed by atoms with Crippen molar-refractivity contribution in [3.05, 3.63) is 41.3 Å². The van der Waals surface area contributed by atoms with Crippen LogP contribution < -0.4 is 9.74 Å². The lowest BCUT2D eigenvalue weighted by molar-refractivity contribution is -0.137. The molecule has 0 atom stereocenters. The van der Waals surface area contributed by atoms with Gasteiger partial charge in [0.1, 0.15) is 5.00 Å². The molecular formula is C15H14ClF3N2O3S2. The molecule has 1 aromatic carbocycles. The van der Waals surface area contributed by atoms with Gasteiger partial charge in [-0.05, 0) is 44.2 Å². The van der Waals surface area contributed by atoms with Gasteiger partial charge in [-0.2, -0.15) is 17.6 Å². The number of thiophene rings is 1. The van der Waals surface area contributed by atoms with Crippen molar-refractivity contribution in [2.75, 3.05) is 9.74 Å². The number of amides is 2. The van der Waals surface area contributed by atoms with E-state index >= 15 is 0 Å². The molecule has 2 amide bonds. The van der Waals surface area contributed by atoms with Crippen LogP contribution in [0.2, 0.25) is 0 Å². The van der Waals surface area contributed by atoms with Gasteiger partial charge in [0.15, 0.2) is 9.84 Å². The van der Waals surface area contributed by atoms with Gasteiger partial charge in [0, 0.05) is 22.8 Å². The summed E-state index contributed by atoms with van der Waals surface area (Å²) in [7, 11) is -3.51. The molecule has 1 aromatic heterocycles. The first-order chi connectivity index (χ1) is 11.9. The van der Waals surface area contributed by atoms with Gasteiger partial charge in [-0.3, -0.25) is 0 Å². The molecule has 0 unspecified atom stereocenters. The van der Waals surface area contributed by atoms with Crippen LogP contribution in [0.1, 0.15) is 19.4 Å². The number of halogens is 4. The Balaban J connectivity index is 2.12. The number of carbonyl (C=O) groups is 1. The molecule has 0 saturated carbocycles. The minimum Gasteiger partial charge on any atom is -0.306 e. The van der Waals surface area contributed by atoms with E-state index in [4.69, 9.17) is 11.8 Å². The number of hydrogen-bond acceptors (Lipinski definition) is 4. The lowest BCUT2D eigenvalue weighted by Gasteiger charge is -2.13. The second-order valence-corrected chi connectivity index (χ2v) is 9.23. The predicted molar refractivity (Wildman–Crippen MR) is 95.4 cm³/mol. The van der Waals surface area contributed by atoms with Crippen molar-refractivity contribution in [1.29, 1.82) is 0 Å². The van der Waals surface area contributed by atoms with E-state index in [1.54, 1.807) is 0 Å². The summed E-state index contributed by atoms with van der Waals surface area (Å²) in [6.07, 6.45) is -4.48. The van der Waals surface area contributed by atoms with Gasteiger partial charge in [0.2, 0.25) is 0 Å². The van der Waals surface area contributed by atoms with Gasteiger partial charge in [-0.25, -0.2) is 13.2 Å². The fourth-order valence-corrected chi connectivity index (χ4v) is 4.31. The number of sulfone groups is 1. The number of rotatable bonds is 4. The molecule has 1 heterocycles. The van der Waals surface area contributed by atoms with E-state index in [1.807, 2.05) is 0 Å². The maximum absolute atomic E-state index is 12.5. The van der Waals surface area contributed by atoms with E-state index in [1.165, 1.54) is 25.3 Å². The molecule has 0 fully saturated rings. The molecule has 142 valence electrons. The van der Waals surface area contributed by atoms with Crippen LogP contribution in [0.15, 0.2) is 40.6 Å². The SMILES string of the molecule is CC(C)S(=O)(=O)c1csc(N(Cl)C(=O)Nc2ccc(C(F)(F)F)cc2)c1. The van der Waals surface area contributed by atoms with Crippen molar-refractivity contribution < 1.29 is 26.4 Å². The second kappa shape index (κ2) is 7.45. The molecule has 11 heteroatoms. The molecule has 0 aliphatic rings. The minimum absolute atomic E-state index is 0.0421. The number of carbonyl (C=O) groups excluding carboxylic acids is 1. The van der Waals surface area contributed by atoms with Crippen LogP contribution in [0.5, 0.6) is 0 Å². The quantitative estimate of drug-likeness (QED) is 0.688. The van der Waals surface area contributed by atoms with Crippen LogP contribution in [0.3, 0.4) is 0 Å². The Morgan fingerprint density at radius 2 is 1.81 bits per heavy atom. The maximum Gasteiger partial charge on any atom is 0.416 e. The van der Waals surface area contributed by atoms with E-state index in [2.05, 4.69) is 5.32 Å². The summed E-state index contributed by atoms with van der Waals surface area (Å²) in [5, 5.41) is 3.23. The van der Waals surface area contributed by atoms with Crippen LogP contribution in [0.25, 0.3) is 0 Å². The minimum atomic E-state index is -4.48. The fourth-order valence-electron chi connectivity index (χ4n) is 1.85. The summed E-state index contributed by atoms with van der Waals surface area (Å²) in [5.41, 5.74) is -0.736. The van der Waals surface area contributed by atoms with Gasteiger partial charge in [-0.1, -0.05) is 0 Å². The molecule has 2 aromatic rings. The van der Waals surface area contributed by atoms with E-state index in [0.717, 1.165) is 35.6 Å². The Kier molecular flexibility index (Phi) is 5.89. The molecule has 0 spiro atoms. The standard InChI is InChI=1S/C15H14ClF3N2O3S2/c1-9(2)26(23,24)12-7-13(25-8-12)21(16)14(22)20-11-5-3-10(4-6-11)15(17,18)19/h3-9H,1-2H3,(H,20,22). The third-order valence-electron chi connectivity index (χ3n) is 3.35. The van der Waals surface area contributed by atoms with E-state index in [0.29, 0.717) is 4.42 Å². The third-order valence-corrected chi connectivity index (χ3v) is 6.98. The molecule has 26 heavy (non-hydrogen) atoms. The zero-order valence-corrected chi connectivity index (χ0v) is 15.9. The molecule has 0 bridgehead atoms.